The molecule has 0 saturated heterocycles. The quantitative estimate of drug-likeness (QED) is 0.392. The molecule has 0 heterocycles. The zero-order valence-corrected chi connectivity index (χ0v) is 7.67. The first-order chi connectivity index (χ1) is 4.35. The van der Waals surface area contributed by atoms with Crippen molar-refractivity contribution in [2.75, 3.05) is 30.7 Å². The van der Waals surface area contributed by atoms with E-state index in [4.69, 9.17) is 11.5 Å². The van der Waals surface area contributed by atoms with Crippen molar-refractivity contribution in [3.8, 4) is 0 Å². The Morgan fingerprint density at radius 2 is 1.56 bits per heavy atom. The van der Waals surface area contributed by atoms with E-state index < -0.39 is 0 Å². The minimum atomic E-state index is 0.725. The van der Waals surface area contributed by atoms with Crippen LogP contribution in [0.5, 0.6) is 0 Å². The van der Waals surface area contributed by atoms with Crippen LogP contribution >= 0.6 is 22.6 Å². The van der Waals surface area contributed by atoms with E-state index in [9.17, 15) is 0 Å². The van der Waals surface area contributed by atoms with Crippen LogP contribution in [0.4, 0.5) is 0 Å². The average Bonchev–Trinajstić information content (AvgIpc) is 1.88. The molecule has 0 aromatic carbocycles. The van der Waals surface area contributed by atoms with Gasteiger partial charge in [-0.3, -0.25) is 4.90 Å². The van der Waals surface area contributed by atoms with Gasteiger partial charge in [0, 0.05) is 26.2 Å². The Labute approximate surface area is 69.9 Å². The molecule has 3 nitrogen and oxygen atoms in total. The van der Waals surface area contributed by atoms with Crippen molar-refractivity contribution in [3.05, 3.63) is 0 Å². The molecule has 0 unspecified atom stereocenters. The van der Waals surface area contributed by atoms with Crippen molar-refractivity contribution in [1.82, 2.24) is 4.90 Å². The Hall–Kier alpha value is 0.610. The first kappa shape index (κ1) is 9.61. The summed E-state index contributed by atoms with van der Waals surface area (Å²) in [7, 11) is 0. The summed E-state index contributed by atoms with van der Waals surface area (Å²) < 4.78 is 1.02. The number of nitrogens with zero attached hydrogens (tertiary/aromatic N) is 1. The van der Waals surface area contributed by atoms with Crippen LogP contribution in [0.15, 0.2) is 0 Å². The lowest BCUT2D eigenvalue weighted by Crippen LogP contribution is -2.32. The van der Waals surface area contributed by atoms with Crippen LogP contribution in [0, 0.1) is 0 Å². The van der Waals surface area contributed by atoms with Gasteiger partial charge in [-0.1, -0.05) is 22.6 Å². The molecule has 0 aliphatic rings. The maximum Gasteiger partial charge on any atom is 0.0506 e. The highest BCUT2D eigenvalue weighted by molar-refractivity contribution is 14.1. The van der Waals surface area contributed by atoms with Crippen molar-refractivity contribution in [2.24, 2.45) is 11.5 Å². The maximum atomic E-state index is 5.35. The number of alkyl halides is 1. The number of nitrogens with two attached hydrogens (primary N) is 2. The third-order valence-electron chi connectivity index (χ3n) is 1.06. The fourth-order valence-corrected chi connectivity index (χ4v) is 1.28. The highest BCUT2D eigenvalue weighted by Gasteiger charge is 1.97. The smallest absolute Gasteiger partial charge is 0.0506 e. The van der Waals surface area contributed by atoms with Gasteiger partial charge in [0.05, 0.1) is 4.55 Å². The Morgan fingerprint density at radius 3 is 1.78 bits per heavy atom. The molecule has 0 aromatic rings. The van der Waals surface area contributed by atoms with Crippen LogP contribution in [0.3, 0.4) is 0 Å². The summed E-state index contributed by atoms with van der Waals surface area (Å²) in [6.07, 6.45) is 0. The van der Waals surface area contributed by atoms with Gasteiger partial charge in [0.1, 0.15) is 0 Å². The molecule has 0 radical (unpaired) electrons. The molecule has 0 aromatic heterocycles. The largest absolute Gasteiger partial charge is 0.329 e. The van der Waals surface area contributed by atoms with Crippen molar-refractivity contribution < 1.29 is 0 Å². The Kier molecular flexibility index (Phi) is 7.18. The Balaban J connectivity index is 3.18. The highest BCUT2D eigenvalue weighted by Crippen LogP contribution is 1.90. The zero-order chi connectivity index (χ0) is 7.11. The molecule has 0 atom stereocenters. The van der Waals surface area contributed by atoms with Gasteiger partial charge in [0.15, 0.2) is 0 Å². The summed E-state index contributed by atoms with van der Waals surface area (Å²) in [5.74, 6) is 0. The molecule has 0 amide bonds. The van der Waals surface area contributed by atoms with Crippen LogP contribution < -0.4 is 11.5 Å². The van der Waals surface area contributed by atoms with Gasteiger partial charge in [-0.05, 0) is 0 Å². The molecular formula is C5H14IN3. The molecule has 0 aliphatic carbocycles. The van der Waals surface area contributed by atoms with Gasteiger partial charge in [-0.25, -0.2) is 0 Å². The average molecular weight is 243 g/mol. The van der Waals surface area contributed by atoms with Gasteiger partial charge >= 0.3 is 0 Å². The lowest BCUT2D eigenvalue weighted by molar-refractivity contribution is 0.346. The van der Waals surface area contributed by atoms with Crippen molar-refractivity contribution in [2.45, 2.75) is 0 Å². The molecule has 0 rings (SSSR count). The van der Waals surface area contributed by atoms with Crippen LogP contribution in [0.25, 0.3) is 0 Å². The van der Waals surface area contributed by atoms with Crippen LogP contribution in [0.2, 0.25) is 0 Å². The van der Waals surface area contributed by atoms with Gasteiger partial charge in [-0.15, -0.1) is 0 Å². The molecule has 0 spiro atoms. The number of rotatable bonds is 5. The maximum absolute atomic E-state index is 5.35. The summed E-state index contributed by atoms with van der Waals surface area (Å²) >= 11 is 2.31. The molecule has 0 saturated carbocycles. The molecular weight excluding hydrogens is 229 g/mol. The molecule has 4 heteroatoms. The molecule has 0 bridgehead atoms. The van der Waals surface area contributed by atoms with Crippen LogP contribution in [0.1, 0.15) is 0 Å². The second kappa shape index (κ2) is 6.73. The third kappa shape index (κ3) is 5.07. The van der Waals surface area contributed by atoms with Crippen LogP contribution in [-0.2, 0) is 0 Å². The van der Waals surface area contributed by atoms with Crippen LogP contribution in [-0.4, -0.2) is 35.6 Å². The monoisotopic (exact) mass is 243 g/mol. The first-order valence-electron chi connectivity index (χ1n) is 3.03. The minimum absolute atomic E-state index is 0.725. The lowest BCUT2D eigenvalue weighted by Gasteiger charge is -2.16. The van der Waals surface area contributed by atoms with Gasteiger partial charge in [-0.2, -0.15) is 0 Å². The standard InChI is InChI=1S/C5H14IN3/c6-5-9(3-1-7)4-2-8/h1-5,7-8H2. The number of hydrogen-bond donors (Lipinski definition) is 2. The van der Waals surface area contributed by atoms with Gasteiger partial charge in [0.2, 0.25) is 0 Å². The lowest BCUT2D eigenvalue weighted by atomic mass is 10.5. The number of halogens is 1. The van der Waals surface area contributed by atoms with E-state index in [1.54, 1.807) is 0 Å². The third-order valence-corrected chi connectivity index (χ3v) is 2.02. The summed E-state index contributed by atoms with van der Waals surface area (Å²) in [6.45, 7) is 3.37. The predicted molar refractivity (Wildman–Crippen MR) is 48.6 cm³/mol. The second-order valence-electron chi connectivity index (χ2n) is 1.81. The fourth-order valence-electron chi connectivity index (χ4n) is 0.596. The topological polar surface area (TPSA) is 55.3 Å². The first-order valence-corrected chi connectivity index (χ1v) is 4.56. The molecule has 4 N–H and O–H groups in total. The van der Waals surface area contributed by atoms with E-state index in [0.29, 0.717) is 0 Å². The van der Waals surface area contributed by atoms with E-state index in [1.165, 1.54) is 0 Å². The summed E-state index contributed by atoms with van der Waals surface area (Å²) in [6, 6.07) is 0. The second-order valence-corrected chi connectivity index (χ2v) is 2.50. The molecule has 56 valence electrons. The Morgan fingerprint density at radius 1 is 1.11 bits per heavy atom. The molecule has 0 aliphatic heterocycles. The minimum Gasteiger partial charge on any atom is -0.329 e. The van der Waals surface area contributed by atoms with Crippen molar-refractivity contribution in [3.63, 3.8) is 0 Å². The summed E-state index contributed by atoms with van der Waals surface area (Å²) in [5.41, 5.74) is 10.7. The van der Waals surface area contributed by atoms with E-state index >= 15 is 0 Å². The normalized spacial score (nSPS) is 10.7. The fraction of sp³-hybridized carbons (Fsp3) is 1.00. The summed E-state index contributed by atoms with van der Waals surface area (Å²) in [4.78, 5) is 2.22. The van der Waals surface area contributed by atoms with Gasteiger partial charge < -0.3 is 11.5 Å². The van der Waals surface area contributed by atoms with E-state index in [0.717, 1.165) is 30.7 Å². The zero-order valence-electron chi connectivity index (χ0n) is 5.52. The molecule has 9 heavy (non-hydrogen) atoms. The molecule has 0 fully saturated rings. The SMILES string of the molecule is NCCN(CI)CCN. The summed E-state index contributed by atoms with van der Waals surface area (Å²) in [5, 5.41) is 0. The van der Waals surface area contributed by atoms with E-state index in [2.05, 4.69) is 27.5 Å². The predicted octanol–water partition coefficient (Wildman–Crippen LogP) is -0.402. The Bertz CT molecular complexity index is 54.2. The number of hydrogen-bond acceptors (Lipinski definition) is 3. The highest BCUT2D eigenvalue weighted by atomic mass is 127. The van der Waals surface area contributed by atoms with Crippen molar-refractivity contribution in [1.29, 1.82) is 0 Å². The van der Waals surface area contributed by atoms with E-state index in [-0.39, 0.29) is 0 Å². The van der Waals surface area contributed by atoms with E-state index in [1.807, 2.05) is 0 Å². The van der Waals surface area contributed by atoms with Gasteiger partial charge in [0.25, 0.3) is 0 Å². The van der Waals surface area contributed by atoms with Crippen molar-refractivity contribution >= 4 is 22.6 Å².